The number of alkyl carbamates (subject to hydrolysis) is 1. The molecule has 1 fully saturated rings. The molecule has 1 saturated carbocycles. The zero-order valence-electron chi connectivity index (χ0n) is 13.6. The standard InChI is InChI=1S/C15H29NO4/c1-7-11-8-15(11,9-12(18-5)19-6)10-16-13(17)20-14(2,3)4/h11-12H,7-10H2,1-6H3,(H,16,17). The van der Waals surface area contributed by atoms with Crippen molar-refractivity contribution in [3.8, 4) is 0 Å². The van der Waals surface area contributed by atoms with Crippen LogP contribution in [0.3, 0.4) is 0 Å². The molecule has 1 N–H and O–H groups in total. The maximum absolute atomic E-state index is 11.8. The second kappa shape index (κ2) is 6.76. The number of carbonyl (C=O) groups excluding carboxylic acids is 1. The van der Waals surface area contributed by atoms with Crippen molar-refractivity contribution >= 4 is 6.09 Å². The number of hydrogen-bond donors (Lipinski definition) is 1. The van der Waals surface area contributed by atoms with Crippen molar-refractivity contribution < 1.29 is 19.0 Å². The van der Waals surface area contributed by atoms with E-state index < -0.39 is 5.60 Å². The number of hydrogen-bond acceptors (Lipinski definition) is 4. The Labute approximate surface area is 122 Å². The fourth-order valence-electron chi connectivity index (χ4n) is 2.71. The van der Waals surface area contributed by atoms with Gasteiger partial charge in [-0.3, -0.25) is 0 Å². The molecule has 118 valence electrons. The molecule has 0 saturated heterocycles. The smallest absolute Gasteiger partial charge is 0.407 e. The lowest BCUT2D eigenvalue weighted by Gasteiger charge is -2.24. The average Bonchev–Trinajstić information content (AvgIpc) is 3.05. The molecule has 0 spiro atoms. The van der Waals surface area contributed by atoms with Crippen molar-refractivity contribution in [2.75, 3.05) is 20.8 Å². The molecule has 1 rings (SSSR count). The van der Waals surface area contributed by atoms with Crippen molar-refractivity contribution in [2.45, 2.75) is 58.8 Å². The van der Waals surface area contributed by atoms with E-state index in [0.29, 0.717) is 12.5 Å². The zero-order valence-corrected chi connectivity index (χ0v) is 13.6. The molecule has 0 aromatic rings. The summed E-state index contributed by atoms with van der Waals surface area (Å²) in [5.41, 5.74) is -0.380. The molecule has 0 bridgehead atoms. The van der Waals surface area contributed by atoms with Crippen molar-refractivity contribution in [1.82, 2.24) is 5.32 Å². The minimum Gasteiger partial charge on any atom is -0.444 e. The van der Waals surface area contributed by atoms with Crippen LogP contribution in [0, 0.1) is 11.3 Å². The highest BCUT2D eigenvalue weighted by molar-refractivity contribution is 5.67. The predicted octanol–water partition coefficient (Wildman–Crippen LogP) is 2.94. The van der Waals surface area contributed by atoms with Crippen LogP contribution in [0.4, 0.5) is 4.79 Å². The summed E-state index contributed by atoms with van der Waals surface area (Å²) in [7, 11) is 3.29. The highest BCUT2D eigenvalue weighted by Gasteiger charge is 2.53. The van der Waals surface area contributed by atoms with Gasteiger partial charge in [-0.15, -0.1) is 0 Å². The largest absolute Gasteiger partial charge is 0.444 e. The van der Waals surface area contributed by atoms with Gasteiger partial charge in [0, 0.05) is 27.2 Å². The number of nitrogens with one attached hydrogen (secondary N) is 1. The molecule has 20 heavy (non-hydrogen) atoms. The van der Waals surface area contributed by atoms with Gasteiger partial charge < -0.3 is 19.5 Å². The van der Waals surface area contributed by atoms with Gasteiger partial charge in [0.15, 0.2) is 6.29 Å². The van der Waals surface area contributed by atoms with Gasteiger partial charge in [0.25, 0.3) is 0 Å². The maximum atomic E-state index is 11.8. The van der Waals surface area contributed by atoms with Crippen LogP contribution in [0.1, 0.15) is 47.0 Å². The Morgan fingerprint density at radius 2 is 1.95 bits per heavy atom. The van der Waals surface area contributed by atoms with E-state index in [0.717, 1.165) is 19.3 Å². The molecule has 2 atom stereocenters. The maximum Gasteiger partial charge on any atom is 0.407 e. The number of carbonyl (C=O) groups is 1. The van der Waals surface area contributed by atoms with Gasteiger partial charge >= 0.3 is 6.09 Å². The Hall–Kier alpha value is -0.810. The van der Waals surface area contributed by atoms with E-state index >= 15 is 0 Å². The summed E-state index contributed by atoms with van der Waals surface area (Å²) in [6, 6.07) is 0. The molecule has 0 radical (unpaired) electrons. The summed E-state index contributed by atoms with van der Waals surface area (Å²) in [5, 5.41) is 2.89. The first-order chi connectivity index (χ1) is 9.26. The molecule has 1 aliphatic carbocycles. The van der Waals surface area contributed by atoms with Gasteiger partial charge in [0.1, 0.15) is 5.60 Å². The Bertz CT molecular complexity index is 322. The first kappa shape index (κ1) is 17.2. The lowest BCUT2D eigenvalue weighted by Crippen LogP contribution is -2.37. The van der Waals surface area contributed by atoms with Crippen molar-refractivity contribution in [2.24, 2.45) is 11.3 Å². The fraction of sp³-hybridized carbons (Fsp3) is 0.933. The molecule has 0 aromatic heterocycles. The summed E-state index contributed by atoms with van der Waals surface area (Å²) >= 11 is 0. The van der Waals surface area contributed by atoms with Crippen molar-refractivity contribution in [3.63, 3.8) is 0 Å². The average molecular weight is 287 g/mol. The second-order valence-electron chi connectivity index (χ2n) is 6.63. The van der Waals surface area contributed by atoms with E-state index in [2.05, 4.69) is 12.2 Å². The molecule has 1 amide bonds. The van der Waals surface area contributed by atoms with Crippen molar-refractivity contribution in [3.05, 3.63) is 0 Å². The summed E-state index contributed by atoms with van der Waals surface area (Å²) in [6.07, 6.45) is 2.43. The molecule has 5 heteroatoms. The molecule has 2 unspecified atom stereocenters. The van der Waals surface area contributed by atoms with E-state index in [4.69, 9.17) is 14.2 Å². The number of rotatable bonds is 7. The Kier molecular flexibility index (Phi) is 5.83. The van der Waals surface area contributed by atoms with Crippen LogP contribution in [0.15, 0.2) is 0 Å². The third-order valence-corrected chi connectivity index (χ3v) is 3.93. The topological polar surface area (TPSA) is 56.8 Å². The molecule has 5 nitrogen and oxygen atoms in total. The third-order valence-electron chi connectivity index (χ3n) is 3.93. The van der Waals surface area contributed by atoms with Gasteiger partial charge in [-0.1, -0.05) is 13.3 Å². The lowest BCUT2D eigenvalue weighted by molar-refractivity contribution is -0.117. The van der Waals surface area contributed by atoms with E-state index in [1.165, 1.54) is 0 Å². The van der Waals surface area contributed by atoms with Gasteiger partial charge in [-0.2, -0.15) is 0 Å². The quantitative estimate of drug-likeness (QED) is 0.731. The molecule has 0 heterocycles. The van der Waals surface area contributed by atoms with E-state index in [1.807, 2.05) is 20.8 Å². The van der Waals surface area contributed by atoms with Crippen LogP contribution < -0.4 is 5.32 Å². The normalized spacial score (nSPS) is 25.6. The Morgan fingerprint density at radius 1 is 1.35 bits per heavy atom. The van der Waals surface area contributed by atoms with E-state index in [9.17, 15) is 4.79 Å². The van der Waals surface area contributed by atoms with Gasteiger partial charge in [-0.25, -0.2) is 4.79 Å². The molecular weight excluding hydrogens is 258 g/mol. The first-order valence-electron chi connectivity index (χ1n) is 7.29. The van der Waals surface area contributed by atoms with E-state index in [-0.39, 0.29) is 17.8 Å². The number of amides is 1. The minimum atomic E-state index is -0.466. The highest BCUT2D eigenvalue weighted by Crippen LogP contribution is 2.57. The van der Waals surface area contributed by atoms with Crippen LogP contribution in [-0.4, -0.2) is 38.7 Å². The van der Waals surface area contributed by atoms with Gasteiger partial charge in [0.05, 0.1) is 0 Å². The molecular formula is C15H29NO4. The van der Waals surface area contributed by atoms with Gasteiger partial charge in [0.2, 0.25) is 0 Å². The van der Waals surface area contributed by atoms with Gasteiger partial charge in [-0.05, 0) is 38.5 Å². The zero-order chi connectivity index (χ0) is 15.4. The lowest BCUT2D eigenvalue weighted by atomic mass is 9.97. The summed E-state index contributed by atoms with van der Waals surface area (Å²) in [5.74, 6) is 0.616. The first-order valence-corrected chi connectivity index (χ1v) is 7.29. The van der Waals surface area contributed by atoms with E-state index in [1.54, 1.807) is 14.2 Å². The third kappa shape index (κ3) is 4.94. The minimum absolute atomic E-state index is 0.0857. The van der Waals surface area contributed by atoms with Crippen LogP contribution in [0.5, 0.6) is 0 Å². The second-order valence-corrected chi connectivity index (χ2v) is 6.63. The molecule has 1 aliphatic rings. The van der Waals surface area contributed by atoms with Crippen LogP contribution in [-0.2, 0) is 14.2 Å². The van der Waals surface area contributed by atoms with Crippen molar-refractivity contribution in [1.29, 1.82) is 0 Å². The number of methoxy groups -OCH3 is 2. The summed E-state index contributed by atoms with van der Waals surface area (Å²) in [4.78, 5) is 11.8. The summed E-state index contributed by atoms with van der Waals surface area (Å²) < 4.78 is 15.9. The highest BCUT2D eigenvalue weighted by atomic mass is 16.7. The monoisotopic (exact) mass is 287 g/mol. The van der Waals surface area contributed by atoms with Crippen LogP contribution in [0.2, 0.25) is 0 Å². The van der Waals surface area contributed by atoms with Crippen LogP contribution >= 0.6 is 0 Å². The Balaban J connectivity index is 2.50. The predicted molar refractivity (Wildman–Crippen MR) is 77.5 cm³/mol. The molecule has 0 aromatic carbocycles. The Morgan fingerprint density at radius 3 is 2.35 bits per heavy atom. The molecule has 0 aliphatic heterocycles. The SMILES string of the molecule is CCC1CC1(CNC(=O)OC(C)(C)C)CC(OC)OC. The fourth-order valence-corrected chi connectivity index (χ4v) is 2.71. The summed E-state index contributed by atoms with van der Waals surface area (Å²) in [6.45, 7) is 8.37. The van der Waals surface area contributed by atoms with Crippen LogP contribution in [0.25, 0.3) is 0 Å². The number of ether oxygens (including phenoxy) is 3.